The van der Waals surface area contributed by atoms with Gasteiger partial charge in [0.05, 0.1) is 6.61 Å². The summed E-state index contributed by atoms with van der Waals surface area (Å²) < 4.78 is 21.3. The summed E-state index contributed by atoms with van der Waals surface area (Å²) >= 11 is 7.01. The molecule has 1 fully saturated rings. The van der Waals surface area contributed by atoms with Gasteiger partial charge in [0.15, 0.2) is 22.9 Å². The topological polar surface area (TPSA) is 88.6 Å². The van der Waals surface area contributed by atoms with Crippen molar-refractivity contribution < 1.29 is 13.6 Å². The first-order valence-electron chi connectivity index (χ1n) is 11.4. The fraction of sp³-hybridized carbons (Fsp3) is 0.739. The molecule has 7 nitrogen and oxygen atoms in total. The van der Waals surface area contributed by atoms with E-state index >= 15 is 0 Å². The molecule has 1 aromatic rings. The molecular weight excluding hydrogens is 474 g/mol. The van der Waals surface area contributed by atoms with Crippen molar-refractivity contribution in [2.45, 2.75) is 101 Å². The second-order valence-electron chi connectivity index (χ2n) is 12.0. The zero-order chi connectivity index (χ0) is 25.6. The van der Waals surface area contributed by atoms with Gasteiger partial charge in [-0.3, -0.25) is 4.57 Å². The minimum atomic E-state index is -2.26. The van der Waals surface area contributed by atoms with Crippen molar-refractivity contribution in [1.29, 1.82) is 0 Å². The standard InChI is InChI=1S/C23H42ClN3O4Si2/c1-12-23(15-29-32(8,9)21(2,3)4)18(31-33(10,11)22(5,6)7)17(24)19(30-23)27-14-13-16(25)26-20(27)28/h12-14,17-19H,1,15H2,2-11H3,(H2,25,26,28)/t17-,18+,19-,23-/m1/s1. The fourth-order valence-corrected chi connectivity index (χ4v) is 5.99. The predicted molar refractivity (Wildman–Crippen MR) is 141 cm³/mol. The van der Waals surface area contributed by atoms with Gasteiger partial charge in [0.25, 0.3) is 0 Å². The van der Waals surface area contributed by atoms with Crippen molar-refractivity contribution in [2.75, 3.05) is 12.3 Å². The molecule has 4 atom stereocenters. The number of ether oxygens (including phenoxy) is 1. The van der Waals surface area contributed by atoms with Crippen molar-refractivity contribution in [3.63, 3.8) is 0 Å². The van der Waals surface area contributed by atoms with Crippen LogP contribution < -0.4 is 11.4 Å². The Morgan fingerprint density at radius 1 is 1.21 bits per heavy atom. The molecule has 2 rings (SSSR count). The molecule has 0 aliphatic carbocycles. The van der Waals surface area contributed by atoms with Gasteiger partial charge in [-0.2, -0.15) is 4.98 Å². The minimum Gasteiger partial charge on any atom is -0.413 e. The number of alkyl halides is 1. The van der Waals surface area contributed by atoms with Gasteiger partial charge in [0.2, 0.25) is 0 Å². The molecule has 2 heterocycles. The van der Waals surface area contributed by atoms with Gasteiger partial charge in [0.1, 0.15) is 22.9 Å². The van der Waals surface area contributed by atoms with Crippen LogP contribution in [0, 0.1) is 0 Å². The molecule has 0 amide bonds. The highest BCUT2D eigenvalue weighted by molar-refractivity contribution is 6.74. The maximum atomic E-state index is 12.6. The first kappa shape index (κ1) is 28.3. The van der Waals surface area contributed by atoms with Gasteiger partial charge in [-0.25, -0.2) is 4.79 Å². The third-order valence-electron chi connectivity index (χ3n) is 7.55. The Morgan fingerprint density at radius 2 is 1.76 bits per heavy atom. The third kappa shape index (κ3) is 5.65. The van der Waals surface area contributed by atoms with Crippen molar-refractivity contribution in [3.05, 3.63) is 35.4 Å². The van der Waals surface area contributed by atoms with Gasteiger partial charge in [0, 0.05) is 6.20 Å². The summed E-state index contributed by atoms with van der Waals surface area (Å²) in [6.07, 6.45) is 1.92. The zero-order valence-corrected chi connectivity index (χ0v) is 24.6. The molecule has 0 radical (unpaired) electrons. The predicted octanol–water partition coefficient (Wildman–Crippen LogP) is 5.30. The maximum Gasteiger partial charge on any atom is 0.351 e. The van der Waals surface area contributed by atoms with Crippen LogP contribution in [-0.4, -0.2) is 49.9 Å². The van der Waals surface area contributed by atoms with Gasteiger partial charge in [-0.1, -0.05) is 47.6 Å². The summed E-state index contributed by atoms with van der Waals surface area (Å²) in [6.45, 7) is 26.1. The highest BCUT2D eigenvalue weighted by Crippen LogP contribution is 2.48. The zero-order valence-electron chi connectivity index (χ0n) is 21.9. The number of nitrogens with two attached hydrogens (primary N) is 1. The van der Waals surface area contributed by atoms with Crippen LogP contribution in [0.2, 0.25) is 36.3 Å². The van der Waals surface area contributed by atoms with Gasteiger partial charge < -0.3 is 19.3 Å². The number of hydrogen-bond donors (Lipinski definition) is 1. The van der Waals surface area contributed by atoms with E-state index < -0.39 is 45.6 Å². The lowest BCUT2D eigenvalue weighted by molar-refractivity contribution is -0.0919. The van der Waals surface area contributed by atoms with Gasteiger partial charge in [-0.15, -0.1) is 18.2 Å². The number of nitrogens with zero attached hydrogens (tertiary/aromatic N) is 2. The van der Waals surface area contributed by atoms with Gasteiger partial charge >= 0.3 is 5.69 Å². The molecule has 0 saturated carbocycles. The smallest absolute Gasteiger partial charge is 0.351 e. The summed E-state index contributed by atoms with van der Waals surface area (Å²) in [5.41, 5.74) is 4.14. The fourth-order valence-electron chi connectivity index (χ4n) is 3.11. The number of anilines is 1. The molecule has 33 heavy (non-hydrogen) atoms. The number of aromatic nitrogens is 2. The molecule has 0 spiro atoms. The summed E-state index contributed by atoms with van der Waals surface area (Å²) in [5, 5.41) is -0.696. The third-order valence-corrected chi connectivity index (χ3v) is 16.9. The number of nitrogen functional groups attached to an aromatic ring is 1. The second kappa shape index (κ2) is 9.24. The van der Waals surface area contributed by atoms with Crippen LogP contribution in [-0.2, 0) is 13.6 Å². The molecule has 188 valence electrons. The van der Waals surface area contributed by atoms with E-state index in [0.29, 0.717) is 0 Å². The monoisotopic (exact) mass is 515 g/mol. The lowest BCUT2D eigenvalue weighted by Crippen LogP contribution is -2.55. The van der Waals surface area contributed by atoms with E-state index in [1.54, 1.807) is 18.3 Å². The number of hydrogen-bond acceptors (Lipinski definition) is 6. The van der Waals surface area contributed by atoms with E-state index in [4.69, 9.17) is 30.9 Å². The Balaban J connectivity index is 2.54. The SMILES string of the molecule is C=C[C@]1(CO[Si](C)(C)C(C)(C)C)O[C@@H](n2ccc(N)nc2=O)[C@H](Cl)[C@@H]1O[Si](C)(C)C(C)(C)C. The van der Waals surface area contributed by atoms with Crippen molar-refractivity contribution in [3.8, 4) is 0 Å². The number of rotatable bonds is 7. The molecule has 0 aromatic carbocycles. The first-order chi connectivity index (χ1) is 14.8. The minimum absolute atomic E-state index is 0.0152. The molecule has 0 bridgehead atoms. The van der Waals surface area contributed by atoms with E-state index in [9.17, 15) is 4.79 Å². The second-order valence-corrected chi connectivity index (χ2v) is 22.1. The lowest BCUT2D eigenvalue weighted by atomic mass is 9.98. The molecule has 10 heteroatoms. The van der Waals surface area contributed by atoms with Crippen molar-refractivity contribution >= 4 is 34.1 Å². The van der Waals surface area contributed by atoms with E-state index in [-0.39, 0.29) is 22.5 Å². The summed E-state index contributed by atoms with van der Waals surface area (Å²) in [4.78, 5) is 16.5. The normalized spacial score (nSPS) is 27.1. The first-order valence-corrected chi connectivity index (χ1v) is 17.7. The maximum absolute atomic E-state index is 12.6. The van der Waals surface area contributed by atoms with Crippen LogP contribution in [0.5, 0.6) is 0 Å². The quantitative estimate of drug-likeness (QED) is 0.301. The summed E-state index contributed by atoms with van der Waals surface area (Å²) in [7, 11) is -4.38. The average Bonchev–Trinajstić information content (AvgIpc) is 2.91. The van der Waals surface area contributed by atoms with Gasteiger partial charge in [-0.05, 0) is 42.3 Å². The Bertz CT molecular complexity index is 924. The van der Waals surface area contributed by atoms with Crippen molar-refractivity contribution in [1.82, 2.24) is 9.55 Å². The summed E-state index contributed by atoms with van der Waals surface area (Å²) in [6, 6.07) is 1.55. The highest BCUT2D eigenvalue weighted by atomic mass is 35.5. The Kier molecular flexibility index (Phi) is 7.91. The average molecular weight is 516 g/mol. The summed E-state index contributed by atoms with van der Waals surface area (Å²) in [5.74, 6) is 0.144. The van der Waals surface area contributed by atoms with E-state index in [2.05, 4.69) is 79.3 Å². The molecule has 1 aromatic heterocycles. The van der Waals surface area contributed by atoms with Crippen LogP contribution >= 0.6 is 11.6 Å². The Hall–Kier alpha value is -0.976. The molecule has 1 aliphatic rings. The van der Waals surface area contributed by atoms with Crippen LogP contribution in [0.4, 0.5) is 5.82 Å². The highest BCUT2D eigenvalue weighted by Gasteiger charge is 2.58. The molecular formula is C23H42ClN3O4Si2. The van der Waals surface area contributed by atoms with E-state index in [0.717, 1.165) is 0 Å². The number of halogens is 1. The van der Waals surface area contributed by atoms with Crippen LogP contribution in [0.25, 0.3) is 0 Å². The molecule has 1 aliphatic heterocycles. The molecule has 1 saturated heterocycles. The Labute approximate surface area is 205 Å². The van der Waals surface area contributed by atoms with E-state index in [1.807, 2.05) is 0 Å². The molecule has 0 unspecified atom stereocenters. The molecule has 2 N–H and O–H groups in total. The van der Waals surface area contributed by atoms with Crippen LogP contribution in [0.1, 0.15) is 47.8 Å². The van der Waals surface area contributed by atoms with Crippen molar-refractivity contribution in [2.24, 2.45) is 0 Å². The van der Waals surface area contributed by atoms with E-state index in [1.165, 1.54) is 4.57 Å². The largest absolute Gasteiger partial charge is 0.413 e. The van der Waals surface area contributed by atoms with Crippen LogP contribution in [0.15, 0.2) is 29.7 Å². The lowest BCUT2D eigenvalue weighted by Gasteiger charge is -2.44. The van der Waals surface area contributed by atoms with Crippen LogP contribution in [0.3, 0.4) is 0 Å². The Morgan fingerprint density at radius 3 is 2.21 bits per heavy atom.